The third-order valence-corrected chi connectivity index (χ3v) is 3.87. The number of carbonyl (C=O) groups excluding carboxylic acids is 2. The summed E-state index contributed by atoms with van der Waals surface area (Å²) in [6, 6.07) is -0.866. The van der Waals surface area contributed by atoms with Crippen molar-refractivity contribution in [2.75, 3.05) is 13.1 Å². The summed E-state index contributed by atoms with van der Waals surface area (Å²) in [6.45, 7) is 2.62. The summed E-state index contributed by atoms with van der Waals surface area (Å²) < 4.78 is 0. The summed E-state index contributed by atoms with van der Waals surface area (Å²) in [5, 5.41) is 14.4. The van der Waals surface area contributed by atoms with Crippen LogP contribution in [0.1, 0.15) is 26.2 Å². The van der Waals surface area contributed by atoms with E-state index in [-0.39, 0.29) is 23.9 Å². The van der Waals surface area contributed by atoms with Crippen molar-refractivity contribution in [2.24, 2.45) is 5.92 Å². The van der Waals surface area contributed by atoms with Gasteiger partial charge in [0.1, 0.15) is 6.04 Å². The lowest BCUT2D eigenvalue weighted by Gasteiger charge is -2.33. The van der Waals surface area contributed by atoms with Crippen LogP contribution < -0.4 is 10.6 Å². The van der Waals surface area contributed by atoms with Crippen molar-refractivity contribution in [3.05, 3.63) is 0 Å². The molecule has 0 bridgehead atoms. The van der Waals surface area contributed by atoms with E-state index in [0.29, 0.717) is 32.4 Å². The summed E-state index contributed by atoms with van der Waals surface area (Å²) in [7, 11) is 0. The Labute approximate surface area is 111 Å². The lowest BCUT2D eigenvalue weighted by Crippen LogP contribution is -2.59. The first-order chi connectivity index (χ1) is 8.99. The zero-order valence-corrected chi connectivity index (χ0v) is 10.9. The van der Waals surface area contributed by atoms with Gasteiger partial charge >= 0.3 is 12.0 Å². The molecule has 0 aromatic rings. The molecule has 19 heavy (non-hydrogen) atoms. The van der Waals surface area contributed by atoms with Gasteiger partial charge in [0.05, 0.1) is 5.92 Å². The van der Waals surface area contributed by atoms with Crippen LogP contribution in [0.2, 0.25) is 0 Å². The fourth-order valence-corrected chi connectivity index (χ4v) is 2.65. The van der Waals surface area contributed by atoms with Crippen LogP contribution >= 0.6 is 0 Å². The SMILES string of the molecule is CC1C(=O)NCCN1C(=O)NC1CCC(C(=O)O)C1. The maximum atomic E-state index is 12.1. The van der Waals surface area contributed by atoms with Crippen LogP contribution in [0.3, 0.4) is 0 Å². The lowest BCUT2D eigenvalue weighted by atomic mass is 10.1. The van der Waals surface area contributed by atoms with E-state index >= 15 is 0 Å². The number of aliphatic carboxylic acids is 1. The number of amides is 3. The molecule has 2 fully saturated rings. The molecule has 0 radical (unpaired) electrons. The summed E-state index contributed by atoms with van der Waals surface area (Å²) in [4.78, 5) is 35.9. The molecule has 2 aliphatic rings. The van der Waals surface area contributed by atoms with Crippen LogP contribution in [-0.2, 0) is 9.59 Å². The van der Waals surface area contributed by atoms with Crippen molar-refractivity contribution in [1.82, 2.24) is 15.5 Å². The van der Waals surface area contributed by atoms with E-state index < -0.39 is 12.0 Å². The summed E-state index contributed by atoms with van der Waals surface area (Å²) in [6.07, 6.45) is 1.74. The highest BCUT2D eigenvalue weighted by atomic mass is 16.4. The number of hydrogen-bond donors (Lipinski definition) is 3. The van der Waals surface area contributed by atoms with E-state index in [0.717, 1.165) is 0 Å². The molecule has 7 nitrogen and oxygen atoms in total. The van der Waals surface area contributed by atoms with Crippen LogP contribution in [0.15, 0.2) is 0 Å². The molecule has 106 valence electrons. The smallest absolute Gasteiger partial charge is 0.318 e. The highest BCUT2D eigenvalue weighted by molar-refractivity contribution is 5.88. The Morgan fingerprint density at radius 3 is 2.79 bits per heavy atom. The number of carboxylic acids is 1. The minimum atomic E-state index is -0.803. The van der Waals surface area contributed by atoms with Crippen molar-refractivity contribution in [2.45, 2.75) is 38.3 Å². The Kier molecular flexibility index (Phi) is 3.92. The number of nitrogens with one attached hydrogen (secondary N) is 2. The van der Waals surface area contributed by atoms with Gasteiger partial charge in [-0.1, -0.05) is 0 Å². The van der Waals surface area contributed by atoms with Gasteiger partial charge < -0.3 is 20.6 Å². The minimum Gasteiger partial charge on any atom is -0.481 e. The van der Waals surface area contributed by atoms with E-state index in [1.165, 1.54) is 4.90 Å². The van der Waals surface area contributed by atoms with Gasteiger partial charge in [-0.2, -0.15) is 0 Å². The number of carbonyl (C=O) groups is 3. The predicted molar refractivity (Wildman–Crippen MR) is 66.5 cm³/mol. The van der Waals surface area contributed by atoms with E-state index in [9.17, 15) is 14.4 Å². The molecule has 1 heterocycles. The van der Waals surface area contributed by atoms with Crippen LogP contribution in [0.4, 0.5) is 4.79 Å². The van der Waals surface area contributed by atoms with Crippen molar-refractivity contribution < 1.29 is 19.5 Å². The fraction of sp³-hybridized carbons (Fsp3) is 0.750. The Balaban J connectivity index is 1.88. The average Bonchev–Trinajstić information content (AvgIpc) is 2.81. The Morgan fingerprint density at radius 1 is 1.42 bits per heavy atom. The molecule has 1 saturated carbocycles. The normalized spacial score (nSPS) is 30.9. The molecule has 3 amide bonds. The van der Waals surface area contributed by atoms with Gasteiger partial charge in [-0.05, 0) is 26.2 Å². The third-order valence-electron chi connectivity index (χ3n) is 3.87. The van der Waals surface area contributed by atoms with E-state index in [1.54, 1.807) is 6.92 Å². The van der Waals surface area contributed by atoms with Crippen molar-refractivity contribution in [3.8, 4) is 0 Å². The molecule has 0 spiro atoms. The summed E-state index contributed by atoms with van der Waals surface area (Å²) >= 11 is 0. The highest BCUT2D eigenvalue weighted by Crippen LogP contribution is 2.25. The maximum Gasteiger partial charge on any atom is 0.318 e. The molecular formula is C12H19N3O4. The second-order valence-electron chi connectivity index (χ2n) is 5.16. The van der Waals surface area contributed by atoms with Crippen LogP contribution in [-0.4, -0.2) is 53.1 Å². The standard InChI is InChI=1S/C12H19N3O4/c1-7-10(16)13-4-5-15(7)12(19)14-9-3-2-8(6-9)11(17)18/h7-9H,2-6H2,1H3,(H,13,16)(H,14,19)(H,17,18). The molecule has 1 aliphatic heterocycles. The third kappa shape index (κ3) is 2.97. The Hall–Kier alpha value is -1.79. The summed E-state index contributed by atoms with van der Waals surface area (Å²) in [5.41, 5.74) is 0. The Morgan fingerprint density at radius 2 is 2.16 bits per heavy atom. The van der Waals surface area contributed by atoms with Gasteiger partial charge in [-0.15, -0.1) is 0 Å². The van der Waals surface area contributed by atoms with E-state index in [1.807, 2.05) is 0 Å². The van der Waals surface area contributed by atoms with E-state index in [4.69, 9.17) is 5.11 Å². The fourth-order valence-electron chi connectivity index (χ4n) is 2.65. The van der Waals surface area contributed by atoms with Crippen LogP contribution in [0.5, 0.6) is 0 Å². The molecule has 0 aromatic carbocycles. The van der Waals surface area contributed by atoms with Crippen molar-refractivity contribution >= 4 is 17.9 Å². The largest absolute Gasteiger partial charge is 0.481 e. The molecule has 2 rings (SSSR count). The second-order valence-corrected chi connectivity index (χ2v) is 5.16. The Bertz CT molecular complexity index is 398. The quantitative estimate of drug-likeness (QED) is 0.645. The van der Waals surface area contributed by atoms with Gasteiger partial charge in [-0.25, -0.2) is 4.79 Å². The van der Waals surface area contributed by atoms with Gasteiger partial charge in [0.25, 0.3) is 0 Å². The first kappa shape index (κ1) is 13.6. The average molecular weight is 269 g/mol. The molecule has 3 N–H and O–H groups in total. The van der Waals surface area contributed by atoms with Crippen molar-refractivity contribution in [1.29, 1.82) is 0 Å². The van der Waals surface area contributed by atoms with Gasteiger partial charge in [0.2, 0.25) is 5.91 Å². The van der Waals surface area contributed by atoms with Gasteiger partial charge in [-0.3, -0.25) is 9.59 Å². The number of rotatable bonds is 2. The molecule has 7 heteroatoms. The molecule has 3 atom stereocenters. The minimum absolute atomic E-state index is 0.106. The number of piperazine rings is 1. The molecule has 3 unspecified atom stereocenters. The van der Waals surface area contributed by atoms with Gasteiger partial charge in [0.15, 0.2) is 0 Å². The highest BCUT2D eigenvalue weighted by Gasteiger charge is 2.34. The number of carboxylic acid groups (broad SMARTS) is 1. The molecule has 1 saturated heterocycles. The predicted octanol–water partition coefficient (Wildman–Crippen LogP) is -0.230. The molecule has 0 aromatic heterocycles. The van der Waals surface area contributed by atoms with Crippen LogP contribution in [0.25, 0.3) is 0 Å². The summed E-state index contributed by atoms with van der Waals surface area (Å²) in [5.74, 6) is -1.33. The first-order valence-corrected chi connectivity index (χ1v) is 6.56. The van der Waals surface area contributed by atoms with Crippen molar-refractivity contribution in [3.63, 3.8) is 0 Å². The topological polar surface area (TPSA) is 98.7 Å². The second kappa shape index (κ2) is 5.46. The van der Waals surface area contributed by atoms with Gasteiger partial charge in [0, 0.05) is 19.1 Å². The maximum absolute atomic E-state index is 12.1. The van der Waals surface area contributed by atoms with E-state index in [2.05, 4.69) is 10.6 Å². The first-order valence-electron chi connectivity index (χ1n) is 6.56. The molecular weight excluding hydrogens is 250 g/mol. The monoisotopic (exact) mass is 269 g/mol. The van der Waals surface area contributed by atoms with Crippen LogP contribution in [0, 0.1) is 5.92 Å². The number of nitrogens with zero attached hydrogens (tertiary/aromatic N) is 1. The zero-order chi connectivity index (χ0) is 14.0. The zero-order valence-electron chi connectivity index (χ0n) is 10.9. The molecule has 1 aliphatic carbocycles. The number of hydrogen-bond acceptors (Lipinski definition) is 3. The number of urea groups is 1. The lowest BCUT2D eigenvalue weighted by molar-refractivity contribution is -0.141.